The summed E-state index contributed by atoms with van der Waals surface area (Å²) in [7, 11) is 0. The highest BCUT2D eigenvalue weighted by Gasteiger charge is 2.40. The van der Waals surface area contributed by atoms with Crippen LogP contribution in [0.4, 0.5) is 13.2 Å². The van der Waals surface area contributed by atoms with Crippen molar-refractivity contribution in [3.8, 4) is 0 Å². The molecule has 0 radical (unpaired) electrons. The molecule has 1 saturated heterocycles. The van der Waals surface area contributed by atoms with Gasteiger partial charge in [0, 0.05) is 19.1 Å². The second-order valence-corrected chi connectivity index (χ2v) is 4.03. The lowest BCUT2D eigenvalue weighted by molar-refractivity contribution is -0.174. The smallest absolute Gasteiger partial charge is 0.345 e. The highest BCUT2D eigenvalue weighted by Crippen LogP contribution is 2.17. The van der Waals surface area contributed by atoms with Gasteiger partial charge in [-0.2, -0.15) is 13.2 Å². The van der Waals surface area contributed by atoms with Gasteiger partial charge >= 0.3 is 12.1 Å². The average molecular weight is 273 g/mol. The van der Waals surface area contributed by atoms with Crippen LogP contribution in [0.15, 0.2) is 0 Å². The van der Waals surface area contributed by atoms with Crippen molar-refractivity contribution in [2.24, 2.45) is 0 Å². The Balaban J connectivity index is 2.38. The van der Waals surface area contributed by atoms with Crippen LogP contribution in [0.2, 0.25) is 0 Å². The lowest BCUT2D eigenvalue weighted by Gasteiger charge is -2.32. The zero-order valence-electron chi connectivity index (χ0n) is 8.89. The summed E-state index contributed by atoms with van der Waals surface area (Å²) >= 11 is 5.36. The van der Waals surface area contributed by atoms with Crippen LogP contribution < -0.4 is 5.32 Å². The Kier molecular flexibility index (Phi) is 4.62. The molecule has 1 heterocycles. The van der Waals surface area contributed by atoms with Crippen LogP contribution in [-0.4, -0.2) is 47.9 Å². The van der Waals surface area contributed by atoms with Gasteiger partial charge in [0.15, 0.2) is 0 Å². The van der Waals surface area contributed by atoms with Gasteiger partial charge in [0.25, 0.3) is 0 Å². The number of rotatable bonds is 2. The Hall–Kier alpha value is -0.980. The van der Waals surface area contributed by atoms with Crippen LogP contribution in [-0.2, 0) is 9.59 Å². The van der Waals surface area contributed by atoms with E-state index >= 15 is 0 Å². The van der Waals surface area contributed by atoms with Crippen molar-refractivity contribution in [3.63, 3.8) is 0 Å². The van der Waals surface area contributed by atoms with Crippen LogP contribution >= 0.6 is 11.6 Å². The monoisotopic (exact) mass is 272 g/mol. The van der Waals surface area contributed by atoms with Gasteiger partial charge in [0.2, 0.25) is 5.91 Å². The minimum atomic E-state index is -4.86. The Labute approximate surface area is 101 Å². The van der Waals surface area contributed by atoms with Gasteiger partial charge in [0.1, 0.15) is 5.88 Å². The van der Waals surface area contributed by atoms with Gasteiger partial charge in [0.05, 0.1) is 0 Å². The van der Waals surface area contributed by atoms with Gasteiger partial charge in [-0.05, 0) is 12.8 Å². The fraction of sp³-hybridized carbons (Fsp3) is 0.778. The average Bonchev–Trinajstić information content (AvgIpc) is 2.27. The van der Waals surface area contributed by atoms with E-state index in [0.717, 1.165) is 0 Å². The summed E-state index contributed by atoms with van der Waals surface area (Å²) < 4.78 is 35.9. The molecule has 0 spiro atoms. The van der Waals surface area contributed by atoms with E-state index in [1.807, 2.05) is 5.32 Å². The molecule has 98 valence electrons. The third-order valence-electron chi connectivity index (χ3n) is 2.55. The number of alkyl halides is 4. The lowest BCUT2D eigenvalue weighted by atomic mass is 10.1. The first-order chi connectivity index (χ1) is 7.84. The minimum Gasteiger partial charge on any atom is -0.345 e. The molecular formula is C9H12ClF3N2O2. The molecule has 2 amide bonds. The van der Waals surface area contributed by atoms with E-state index in [9.17, 15) is 22.8 Å². The predicted molar refractivity (Wildman–Crippen MR) is 54.5 cm³/mol. The van der Waals surface area contributed by atoms with Gasteiger partial charge < -0.3 is 10.2 Å². The topological polar surface area (TPSA) is 49.4 Å². The third-order valence-corrected chi connectivity index (χ3v) is 2.78. The number of piperidine rings is 1. The molecule has 0 aromatic rings. The Bertz CT molecular complexity index is 301. The number of nitrogens with one attached hydrogen (secondary N) is 1. The molecule has 8 heteroatoms. The van der Waals surface area contributed by atoms with Crippen molar-refractivity contribution in [1.29, 1.82) is 0 Å². The highest BCUT2D eigenvalue weighted by molar-refractivity contribution is 6.27. The summed E-state index contributed by atoms with van der Waals surface area (Å²) in [5.41, 5.74) is 0. The van der Waals surface area contributed by atoms with E-state index in [1.54, 1.807) is 0 Å². The molecule has 0 bridgehead atoms. The van der Waals surface area contributed by atoms with Gasteiger partial charge in [-0.15, -0.1) is 11.6 Å². The van der Waals surface area contributed by atoms with E-state index in [-0.39, 0.29) is 11.8 Å². The zero-order chi connectivity index (χ0) is 13.1. The van der Waals surface area contributed by atoms with Crippen molar-refractivity contribution < 1.29 is 22.8 Å². The van der Waals surface area contributed by atoms with Crippen LogP contribution in [0.25, 0.3) is 0 Å². The number of halogens is 4. The molecule has 0 saturated carbocycles. The van der Waals surface area contributed by atoms with Gasteiger partial charge in [-0.1, -0.05) is 0 Å². The van der Waals surface area contributed by atoms with Crippen LogP contribution in [0.1, 0.15) is 12.8 Å². The number of hydrogen-bond acceptors (Lipinski definition) is 2. The number of amides is 2. The second kappa shape index (κ2) is 5.57. The quantitative estimate of drug-likeness (QED) is 0.759. The summed E-state index contributed by atoms with van der Waals surface area (Å²) in [5, 5.41) is 1.90. The van der Waals surface area contributed by atoms with E-state index < -0.39 is 18.1 Å². The summed E-state index contributed by atoms with van der Waals surface area (Å²) in [6, 6.07) is -0.538. The molecule has 1 aliphatic rings. The van der Waals surface area contributed by atoms with E-state index in [1.165, 1.54) is 4.90 Å². The van der Waals surface area contributed by atoms with Crippen LogP contribution in [0, 0.1) is 0 Å². The predicted octanol–water partition coefficient (Wildman–Crippen LogP) is 0.895. The Morgan fingerprint density at radius 3 is 2.24 bits per heavy atom. The number of likely N-dealkylation sites (tertiary alicyclic amines) is 1. The first-order valence-corrected chi connectivity index (χ1v) is 5.59. The van der Waals surface area contributed by atoms with Crippen molar-refractivity contribution >= 4 is 23.4 Å². The minimum absolute atomic E-state index is 0.139. The van der Waals surface area contributed by atoms with E-state index in [0.29, 0.717) is 25.9 Å². The number of nitrogens with zero attached hydrogens (tertiary/aromatic N) is 1. The first kappa shape index (κ1) is 14.1. The van der Waals surface area contributed by atoms with Gasteiger partial charge in [-0.3, -0.25) is 9.59 Å². The molecule has 1 fully saturated rings. The molecule has 1 aliphatic heterocycles. The summed E-state index contributed by atoms with van der Waals surface area (Å²) in [6.45, 7) is 0.628. The SMILES string of the molecule is O=C(CCl)N1CCC(NC(=O)C(F)(F)F)CC1. The molecular weight excluding hydrogens is 261 g/mol. The maximum absolute atomic E-state index is 12.0. The summed E-state index contributed by atoms with van der Waals surface area (Å²) in [4.78, 5) is 23.3. The van der Waals surface area contributed by atoms with Crippen LogP contribution in [0.3, 0.4) is 0 Å². The second-order valence-electron chi connectivity index (χ2n) is 3.76. The maximum Gasteiger partial charge on any atom is 0.471 e. The highest BCUT2D eigenvalue weighted by atomic mass is 35.5. The number of carbonyl (C=O) groups excluding carboxylic acids is 2. The Morgan fingerprint density at radius 2 is 1.82 bits per heavy atom. The standard InChI is InChI=1S/C9H12ClF3N2O2/c10-5-7(16)15-3-1-6(2-4-15)14-8(17)9(11,12)13/h6H,1-5H2,(H,14,17). The van der Waals surface area contributed by atoms with Crippen LogP contribution in [0.5, 0.6) is 0 Å². The molecule has 17 heavy (non-hydrogen) atoms. The largest absolute Gasteiger partial charge is 0.471 e. The van der Waals surface area contributed by atoms with Crippen molar-refractivity contribution in [1.82, 2.24) is 10.2 Å². The molecule has 0 aromatic carbocycles. The summed E-state index contributed by atoms with van der Waals surface area (Å²) in [5.74, 6) is -2.31. The maximum atomic E-state index is 12.0. The lowest BCUT2D eigenvalue weighted by Crippen LogP contribution is -2.49. The molecule has 0 unspecified atom stereocenters. The zero-order valence-corrected chi connectivity index (χ0v) is 9.64. The first-order valence-electron chi connectivity index (χ1n) is 5.06. The normalized spacial score (nSPS) is 18.0. The summed E-state index contributed by atoms with van der Waals surface area (Å²) in [6.07, 6.45) is -4.24. The number of hydrogen-bond donors (Lipinski definition) is 1. The van der Waals surface area contributed by atoms with Crippen molar-refractivity contribution in [2.75, 3.05) is 19.0 Å². The molecule has 1 N–H and O–H groups in total. The van der Waals surface area contributed by atoms with Crippen molar-refractivity contribution in [3.05, 3.63) is 0 Å². The molecule has 0 atom stereocenters. The van der Waals surface area contributed by atoms with E-state index in [4.69, 9.17) is 11.6 Å². The molecule has 0 aliphatic carbocycles. The fourth-order valence-corrected chi connectivity index (χ4v) is 1.79. The third kappa shape index (κ3) is 4.07. The molecule has 4 nitrogen and oxygen atoms in total. The fourth-order valence-electron chi connectivity index (χ4n) is 1.62. The van der Waals surface area contributed by atoms with E-state index in [2.05, 4.69) is 0 Å². The number of carbonyl (C=O) groups is 2. The molecule has 1 rings (SSSR count). The Morgan fingerprint density at radius 1 is 1.29 bits per heavy atom. The molecule has 0 aromatic heterocycles. The van der Waals surface area contributed by atoms with Crippen molar-refractivity contribution in [2.45, 2.75) is 25.1 Å². The van der Waals surface area contributed by atoms with Gasteiger partial charge in [-0.25, -0.2) is 0 Å².